The minimum Gasteiger partial charge on any atom is -0.550 e. The molecule has 1 heterocycles. The fraction of sp³-hybridized carbons (Fsp3) is 0.524. The Morgan fingerprint density at radius 1 is 1.21 bits per heavy atom. The van der Waals surface area contributed by atoms with Crippen molar-refractivity contribution in [2.75, 3.05) is 17.4 Å². The van der Waals surface area contributed by atoms with E-state index in [0.717, 1.165) is 6.26 Å². The number of carbonyl (C=O) groups excluding carboxylic acids is 1. The number of sulfone groups is 1. The Balaban J connectivity index is 0.00000544. The first-order chi connectivity index (χ1) is 14.9. The number of imidazole rings is 1. The molecule has 0 saturated heterocycles. The number of halogens is 1. The minimum atomic E-state index is -3.32. The Bertz CT molecular complexity index is 1030. The topological polar surface area (TPSA) is 145 Å². The Kier molecular flexibility index (Phi) is 11.5. The van der Waals surface area contributed by atoms with Crippen molar-refractivity contribution in [3.63, 3.8) is 0 Å². The van der Waals surface area contributed by atoms with Crippen LogP contribution in [0.4, 0.5) is 10.3 Å². The number of carbonyl (C=O) groups is 1. The summed E-state index contributed by atoms with van der Waals surface area (Å²) >= 11 is 0. The van der Waals surface area contributed by atoms with E-state index in [4.69, 9.17) is 0 Å². The van der Waals surface area contributed by atoms with Gasteiger partial charge in [-0.1, -0.05) is 0 Å². The number of aliphatic hydroxyl groups excluding tert-OH is 2. The van der Waals surface area contributed by atoms with Crippen LogP contribution in [0.25, 0.3) is 11.3 Å². The van der Waals surface area contributed by atoms with Gasteiger partial charge in [0.25, 0.3) is 0 Å². The normalized spacial score (nSPS) is 13.4. The third kappa shape index (κ3) is 9.34. The van der Waals surface area contributed by atoms with Gasteiger partial charge >= 0.3 is 29.6 Å². The largest absolute Gasteiger partial charge is 1.00 e. The number of aromatic nitrogens is 2. The van der Waals surface area contributed by atoms with Crippen LogP contribution in [0.3, 0.4) is 0 Å². The molecule has 178 valence electrons. The third-order valence-electron chi connectivity index (χ3n) is 4.80. The van der Waals surface area contributed by atoms with E-state index >= 15 is 0 Å². The summed E-state index contributed by atoms with van der Waals surface area (Å²) in [7, 11) is -3.32. The molecule has 0 fully saturated rings. The first kappa shape index (κ1) is 29.5. The molecule has 0 amide bonds. The molecule has 1 aromatic heterocycles. The average molecular weight is 494 g/mol. The smallest absolute Gasteiger partial charge is 0.550 e. The summed E-state index contributed by atoms with van der Waals surface area (Å²) in [6.45, 7) is 3.79. The van der Waals surface area contributed by atoms with E-state index in [1.54, 1.807) is 12.1 Å². The first-order valence-corrected chi connectivity index (χ1v) is 12.3. The maximum atomic E-state index is 13.4. The van der Waals surface area contributed by atoms with Gasteiger partial charge in [-0.15, -0.1) is 0 Å². The number of aliphatic carboxylic acids is 1. The number of aliphatic hydroxyl groups is 2. The Morgan fingerprint density at radius 3 is 2.33 bits per heavy atom. The zero-order chi connectivity index (χ0) is 24.1. The molecule has 0 aliphatic rings. The van der Waals surface area contributed by atoms with Crippen LogP contribution in [-0.4, -0.2) is 58.5 Å². The van der Waals surface area contributed by atoms with Crippen molar-refractivity contribution in [1.82, 2.24) is 9.55 Å². The molecule has 0 aliphatic heterocycles. The second-order valence-electron chi connectivity index (χ2n) is 8.11. The fourth-order valence-corrected chi connectivity index (χ4v) is 3.82. The molecular weight excluding hydrogens is 464 g/mol. The molecule has 3 N–H and O–H groups in total. The van der Waals surface area contributed by atoms with Crippen molar-refractivity contribution >= 4 is 21.8 Å². The number of hydrogen-bond donors (Lipinski definition) is 3. The molecule has 1 aromatic carbocycles. The van der Waals surface area contributed by atoms with Gasteiger partial charge in [0.15, 0.2) is 9.84 Å². The van der Waals surface area contributed by atoms with E-state index in [1.165, 1.54) is 12.1 Å². The Morgan fingerprint density at radius 2 is 1.82 bits per heavy atom. The summed E-state index contributed by atoms with van der Waals surface area (Å²) < 4.78 is 38.5. The van der Waals surface area contributed by atoms with E-state index in [0.29, 0.717) is 29.3 Å². The van der Waals surface area contributed by atoms with Crippen LogP contribution in [0.1, 0.15) is 44.8 Å². The van der Waals surface area contributed by atoms with Gasteiger partial charge in [-0.25, -0.2) is 17.8 Å². The number of hydrogen-bond acceptors (Lipinski definition) is 8. The quantitative estimate of drug-likeness (QED) is 0.285. The van der Waals surface area contributed by atoms with Gasteiger partial charge in [-0.2, -0.15) is 0 Å². The number of carboxylic acid groups (broad SMARTS) is 1. The molecule has 0 aliphatic carbocycles. The zero-order valence-corrected chi connectivity index (χ0v) is 22.1. The van der Waals surface area contributed by atoms with Gasteiger partial charge in [0, 0.05) is 35.9 Å². The minimum absolute atomic E-state index is 0. The summed E-state index contributed by atoms with van der Waals surface area (Å²) in [5.41, 5.74) is 1.82. The molecule has 2 aromatic rings. The molecule has 2 rings (SSSR count). The third-order valence-corrected chi connectivity index (χ3v) is 5.47. The van der Waals surface area contributed by atoms with Crippen LogP contribution in [0, 0.1) is 5.82 Å². The van der Waals surface area contributed by atoms with E-state index in [9.17, 15) is 32.9 Å². The summed E-state index contributed by atoms with van der Waals surface area (Å²) in [6, 6.07) is 5.60. The molecule has 9 nitrogen and oxygen atoms in total. The van der Waals surface area contributed by atoms with Gasteiger partial charge in [-0.05, 0) is 57.4 Å². The number of benzene rings is 1. The Labute approximate surface area is 215 Å². The van der Waals surface area contributed by atoms with E-state index < -0.39 is 40.3 Å². The number of carboxylic acids is 1. The van der Waals surface area contributed by atoms with Crippen molar-refractivity contribution in [3.8, 4) is 11.3 Å². The summed E-state index contributed by atoms with van der Waals surface area (Å²) in [5, 5.41) is 33.5. The van der Waals surface area contributed by atoms with Gasteiger partial charge in [0.1, 0.15) is 11.7 Å². The van der Waals surface area contributed by atoms with Crippen molar-refractivity contribution in [1.29, 1.82) is 0 Å². The fourth-order valence-electron chi connectivity index (χ4n) is 3.43. The molecule has 0 unspecified atom stereocenters. The van der Waals surface area contributed by atoms with E-state index in [1.807, 2.05) is 18.4 Å². The SMILES string of the molecule is CC(C)n1c(NCS(C)(=O)=O)nc(-c2ccc(F)cc2)c1CC[C@@H](O)C[C@@H](O)CC(=O)[O-].[Na+]. The second kappa shape index (κ2) is 12.8. The van der Waals surface area contributed by atoms with Gasteiger partial charge in [0.05, 0.1) is 17.9 Å². The monoisotopic (exact) mass is 493 g/mol. The van der Waals surface area contributed by atoms with Crippen LogP contribution in [-0.2, 0) is 21.1 Å². The van der Waals surface area contributed by atoms with Crippen molar-refractivity contribution in [3.05, 3.63) is 35.8 Å². The maximum absolute atomic E-state index is 13.4. The maximum Gasteiger partial charge on any atom is 1.00 e. The van der Waals surface area contributed by atoms with Crippen LogP contribution >= 0.6 is 0 Å². The van der Waals surface area contributed by atoms with Crippen molar-refractivity contribution < 1.29 is 62.5 Å². The first-order valence-electron chi connectivity index (χ1n) is 10.2. The molecular formula is C21H29FN3NaO6S. The molecule has 33 heavy (non-hydrogen) atoms. The molecule has 2 atom stereocenters. The molecule has 12 heteroatoms. The van der Waals surface area contributed by atoms with Gasteiger partial charge < -0.3 is 30.0 Å². The van der Waals surface area contributed by atoms with Crippen LogP contribution in [0.5, 0.6) is 0 Å². The molecule has 0 saturated carbocycles. The van der Waals surface area contributed by atoms with E-state index in [2.05, 4.69) is 10.3 Å². The van der Waals surface area contributed by atoms with Crippen molar-refractivity contribution in [2.45, 2.75) is 57.8 Å². The standard InChI is InChI=1S/C21H30FN3O6S.Na/c1-13(2)25-18(9-8-16(26)10-17(27)11-19(28)29)20(14-4-6-15(22)7-5-14)24-21(25)23-12-32(3,30)31;/h4-7,13,16-17,26-27H,8-12H2,1-3H3,(H,23,24)(H,28,29);/q;+1/p-1/t16-,17-;/m1./s1. The summed E-state index contributed by atoms with van der Waals surface area (Å²) in [6.07, 6.45) is -1.31. The zero-order valence-electron chi connectivity index (χ0n) is 19.3. The van der Waals surface area contributed by atoms with Gasteiger partial charge in [0.2, 0.25) is 5.95 Å². The van der Waals surface area contributed by atoms with E-state index in [-0.39, 0.29) is 54.3 Å². The second-order valence-corrected chi connectivity index (χ2v) is 10.2. The number of anilines is 1. The predicted octanol–water partition coefficient (Wildman–Crippen LogP) is -2.13. The van der Waals surface area contributed by atoms with Crippen molar-refractivity contribution in [2.24, 2.45) is 0 Å². The molecule has 0 spiro atoms. The number of nitrogens with one attached hydrogen (secondary N) is 1. The molecule has 0 radical (unpaired) electrons. The predicted molar refractivity (Wildman–Crippen MR) is 116 cm³/mol. The Hall–Kier alpha value is -1.50. The molecule has 0 bridgehead atoms. The van der Waals surface area contributed by atoms with Gasteiger partial charge in [-0.3, -0.25) is 0 Å². The number of nitrogens with zero attached hydrogens (tertiary/aromatic N) is 2. The summed E-state index contributed by atoms with van der Waals surface area (Å²) in [5.74, 6) is -1.81. The van der Waals surface area contributed by atoms with Crippen LogP contribution in [0.2, 0.25) is 0 Å². The number of rotatable bonds is 12. The van der Waals surface area contributed by atoms with Crippen LogP contribution < -0.4 is 40.0 Å². The summed E-state index contributed by atoms with van der Waals surface area (Å²) in [4.78, 5) is 15.2. The van der Waals surface area contributed by atoms with Crippen LogP contribution in [0.15, 0.2) is 24.3 Å². The average Bonchev–Trinajstić information content (AvgIpc) is 3.03.